The van der Waals surface area contributed by atoms with Crippen LogP contribution in [0, 0.1) is 11.3 Å². The Morgan fingerprint density at radius 1 is 1.09 bits per heavy atom. The van der Waals surface area contributed by atoms with Gasteiger partial charge in [-0.15, -0.1) is 0 Å². The van der Waals surface area contributed by atoms with Gasteiger partial charge in [-0.2, -0.15) is 5.26 Å². The first-order chi connectivity index (χ1) is 16.9. The van der Waals surface area contributed by atoms with E-state index >= 15 is 0 Å². The third kappa shape index (κ3) is 5.97. The highest BCUT2D eigenvalue weighted by Crippen LogP contribution is 2.25. The third-order valence-electron chi connectivity index (χ3n) is 6.01. The number of H-pyrrole nitrogens is 1. The van der Waals surface area contributed by atoms with Gasteiger partial charge in [0.05, 0.1) is 16.2 Å². The third-order valence-corrected chi connectivity index (χ3v) is 7.91. The van der Waals surface area contributed by atoms with E-state index in [9.17, 15) is 18.0 Å². The SMILES string of the molecule is N#Cc1c[nH]c(C(=O)NC(CCNC(=O)c2ccc3c(c2)CCCS3(=O)=O)Cc2ccccc2)c1. The second-order valence-corrected chi connectivity index (χ2v) is 10.6. The summed E-state index contributed by atoms with van der Waals surface area (Å²) in [5.74, 6) is -0.473. The second kappa shape index (κ2) is 10.6. The molecule has 1 aliphatic heterocycles. The van der Waals surface area contributed by atoms with Crippen LogP contribution in [0.3, 0.4) is 0 Å². The molecule has 4 rings (SSSR count). The maximum absolute atomic E-state index is 12.7. The molecule has 0 saturated heterocycles. The van der Waals surface area contributed by atoms with Crippen molar-refractivity contribution in [3.8, 4) is 6.07 Å². The fourth-order valence-electron chi connectivity index (χ4n) is 4.22. The van der Waals surface area contributed by atoms with Crippen molar-refractivity contribution in [1.82, 2.24) is 15.6 Å². The number of sulfone groups is 1. The van der Waals surface area contributed by atoms with Gasteiger partial charge in [0.15, 0.2) is 9.84 Å². The molecule has 9 heteroatoms. The number of hydrogen-bond donors (Lipinski definition) is 3. The van der Waals surface area contributed by atoms with Crippen LogP contribution in [-0.2, 0) is 22.7 Å². The molecule has 0 bridgehead atoms. The van der Waals surface area contributed by atoms with Crippen LogP contribution in [0.4, 0.5) is 0 Å². The van der Waals surface area contributed by atoms with E-state index < -0.39 is 9.84 Å². The number of nitrogens with one attached hydrogen (secondary N) is 3. The predicted molar refractivity (Wildman–Crippen MR) is 131 cm³/mol. The minimum absolute atomic E-state index is 0.139. The normalized spacial score (nSPS) is 14.8. The van der Waals surface area contributed by atoms with Gasteiger partial charge in [0, 0.05) is 24.3 Å². The van der Waals surface area contributed by atoms with Crippen molar-refractivity contribution in [1.29, 1.82) is 5.26 Å². The summed E-state index contributed by atoms with van der Waals surface area (Å²) in [5.41, 5.74) is 2.82. The molecular formula is C26H26N4O4S. The van der Waals surface area contributed by atoms with Gasteiger partial charge in [-0.25, -0.2) is 8.42 Å². The van der Waals surface area contributed by atoms with Gasteiger partial charge >= 0.3 is 0 Å². The first kappa shape index (κ1) is 24.2. The van der Waals surface area contributed by atoms with E-state index in [0.29, 0.717) is 59.5 Å². The maximum Gasteiger partial charge on any atom is 0.267 e. The predicted octanol–water partition coefficient (Wildman–Crippen LogP) is 2.77. The molecule has 2 aromatic carbocycles. The Labute approximate surface area is 204 Å². The zero-order valence-corrected chi connectivity index (χ0v) is 19.9. The Bertz CT molecular complexity index is 1370. The van der Waals surface area contributed by atoms with Crippen molar-refractivity contribution in [3.63, 3.8) is 0 Å². The van der Waals surface area contributed by atoms with Crippen LogP contribution in [0.1, 0.15) is 50.4 Å². The van der Waals surface area contributed by atoms with E-state index in [1.807, 2.05) is 36.4 Å². The largest absolute Gasteiger partial charge is 0.356 e. The zero-order chi connectivity index (χ0) is 24.8. The van der Waals surface area contributed by atoms with Crippen molar-refractivity contribution in [2.75, 3.05) is 12.3 Å². The van der Waals surface area contributed by atoms with Crippen molar-refractivity contribution in [2.24, 2.45) is 0 Å². The van der Waals surface area contributed by atoms with E-state index in [-0.39, 0.29) is 23.6 Å². The molecule has 35 heavy (non-hydrogen) atoms. The van der Waals surface area contributed by atoms with E-state index in [0.717, 1.165) is 5.56 Å². The number of amides is 2. The number of rotatable bonds is 8. The molecule has 1 aliphatic rings. The van der Waals surface area contributed by atoms with Gasteiger partial charge in [-0.05, 0) is 61.1 Å². The molecule has 0 saturated carbocycles. The summed E-state index contributed by atoms with van der Waals surface area (Å²) in [6.45, 7) is 0.320. The van der Waals surface area contributed by atoms with Gasteiger partial charge in [0.1, 0.15) is 11.8 Å². The molecule has 0 fully saturated rings. The van der Waals surface area contributed by atoms with Crippen LogP contribution in [-0.4, -0.2) is 43.6 Å². The molecule has 3 aromatic rings. The van der Waals surface area contributed by atoms with Crippen LogP contribution in [0.2, 0.25) is 0 Å². The Kier molecular flexibility index (Phi) is 7.32. The molecular weight excluding hydrogens is 464 g/mol. The molecule has 0 aliphatic carbocycles. The van der Waals surface area contributed by atoms with Crippen molar-refractivity contribution in [3.05, 3.63) is 88.7 Å². The van der Waals surface area contributed by atoms with Gasteiger partial charge in [0.25, 0.3) is 11.8 Å². The minimum Gasteiger partial charge on any atom is -0.356 e. The lowest BCUT2D eigenvalue weighted by molar-refractivity contribution is 0.0929. The number of aryl methyl sites for hydroxylation is 1. The van der Waals surface area contributed by atoms with Crippen LogP contribution in [0.25, 0.3) is 0 Å². The second-order valence-electron chi connectivity index (χ2n) is 8.56. The van der Waals surface area contributed by atoms with Gasteiger partial charge < -0.3 is 15.6 Å². The zero-order valence-electron chi connectivity index (χ0n) is 19.1. The van der Waals surface area contributed by atoms with Crippen LogP contribution in [0.5, 0.6) is 0 Å². The maximum atomic E-state index is 12.7. The number of carbonyl (C=O) groups excluding carboxylic acids is 2. The smallest absolute Gasteiger partial charge is 0.267 e. The summed E-state index contributed by atoms with van der Waals surface area (Å²) >= 11 is 0. The monoisotopic (exact) mass is 490 g/mol. The standard InChI is InChI=1S/C26H26N4O4S/c27-16-19-14-23(29-17-19)26(32)30-22(13-18-5-2-1-3-6-18)10-11-28-25(31)21-8-9-24-20(15-21)7-4-12-35(24,33)34/h1-3,5-6,8-9,14-15,17,22,29H,4,7,10-13H2,(H,28,31)(H,30,32). The number of fused-ring (bicyclic) bond motifs is 1. The van der Waals surface area contributed by atoms with E-state index in [4.69, 9.17) is 5.26 Å². The van der Waals surface area contributed by atoms with Gasteiger partial charge in [-0.1, -0.05) is 30.3 Å². The summed E-state index contributed by atoms with van der Waals surface area (Å²) in [5, 5.41) is 14.9. The lowest BCUT2D eigenvalue weighted by atomic mass is 10.0. The van der Waals surface area contributed by atoms with Gasteiger partial charge in [0.2, 0.25) is 0 Å². The fraction of sp³-hybridized carbons (Fsp3) is 0.269. The Balaban J connectivity index is 1.40. The first-order valence-corrected chi connectivity index (χ1v) is 13.1. The molecule has 1 aromatic heterocycles. The summed E-state index contributed by atoms with van der Waals surface area (Å²) in [6.07, 6.45) is 3.72. The van der Waals surface area contributed by atoms with Crippen LogP contribution >= 0.6 is 0 Å². The summed E-state index contributed by atoms with van der Waals surface area (Å²) in [4.78, 5) is 28.5. The Morgan fingerprint density at radius 3 is 2.63 bits per heavy atom. The number of nitrogens with zero attached hydrogens (tertiary/aromatic N) is 1. The molecule has 1 unspecified atom stereocenters. The fourth-order valence-corrected chi connectivity index (χ4v) is 5.80. The molecule has 2 heterocycles. The molecule has 3 N–H and O–H groups in total. The molecule has 0 radical (unpaired) electrons. The van der Waals surface area contributed by atoms with E-state index in [1.54, 1.807) is 6.07 Å². The highest BCUT2D eigenvalue weighted by Gasteiger charge is 2.24. The van der Waals surface area contributed by atoms with Crippen molar-refractivity contribution < 1.29 is 18.0 Å². The summed E-state index contributed by atoms with van der Waals surface area (Å²) in [7, 11) is -3.27. The number of hydrogen-bond acceptors (Lipinski definition) is 5. The lowest BCUT2D eigenvalue weighted by Gasteiger charge is -2.20. The summed E-state index contributed by atoms with van der Waals surface area (Å²) in [6, 6.07) is 17.7. The molecule has 180 valence electrons. The van der Waals surface area contributed by atoms with Crippen LogP contribution in [0.15, 0.2) is 65.7 Å². The lowest BCUT2D eigenvalue weighted by Crippen LogP contribution is -2.39. The molecule has 0 spiro atoms. The highest BCUT2D eigenvalue weighted by atomic mass is 32.2. The van der Waals surface area contributed by atoms with Crippen molar-refractivity contribution >= 4 is 21.7 Å². The molecule has 1 atom stereocenters. The number of benzene rings is 2. The van der Waals surface area contributed by atoms with Crippen LogP contribution < -0.4 is 10.6 Å². The molecule has 8 nitrogen and oxygen atoms in total. The van der Waals surface area contributed by atoms with E-state index in [1.165, 1.54) is 24.4 Å². The topological polar surface area (TPSA) is 132 Å². The average Bonchev–Trinajstić information content (AvgIpc) is 3.34. The number of nitriles is 1. The number of aromatic nitrogens is 1. The minimum atomic E-state index is -3.27. The Morgan fingerprint density at radius 2 is 1.89 bits per heavy atom. The number of carbonyl (C=O) groups is 2. The average molecular weight is 491 g/mol. The summed E-state index contributed by atoms with van der Waals surface area (Å²) < 4.78 is 24.4. The first-order valence-electron chi connectivity index (χ1n) is 11.4. The Hall–Kier alpha value is -3.90. The van der Waals surface area contributed by atoms with E-state index in [2.05, 4.69) is 15.6 Å². The van der Waals surface area contributed by atoms with Gasteiger partial charge in [-0.3, -0.25) is 9.59 Å². The van der Waals surface area contributed by atoms with Crippen molar-refractivity contribution in [2.45, 2.75) is 36.6 Å². The molecule has 2 amide bonds. The quantitative estimate of drug-likeness (QED) is 0.447. The highest BCUT2D eigenvalue weighted by molar-refractivity contribution is 7.91. The number of aromatic amines is 1.